The molecule has 0 aromatic rings. The molecular weight excluding hydrogens is 146 g/mol. The Kier molecular flexibility index (Phi) is 3.57. The topological polar surface area (TPSA) is 12.0 Å². The van der Waals surface area contributed by atoms with Gasteiger partial charge in [0.1, 0.15) is 0 Å². The second-order valence-electron chi connectivity index (χ2n) is 4.82. The maximum atomic E-state index is 3.67. The summed E-state index contributed by atoms with van der Waals surface area (Å²) in [6.45, 7) is 9.22. The van der Waals surface area contributed by atoms with Crippen LogP contribution in [0, 0.1) is 11.8 Å². The predicted octanol–water partition coefficient (Wildman–Crippen LogP) is 2.81. The maximum Gasteiger partial charge on any atom is 0.00694 e. The number of nitrogens with one attached hydrogen (secondary N) is 1. The van der Waals surface area contributed by atoms with Crippen LogP contribution in [0.2, 0.25) is 0 Å². The van der Waals surface area contributed by atoms with E-state index in [4.69, 9.17) is 0 Å². The van der Waals surface area contributed by atoms with Gasteiger partial charge in [-0.05, 0) is 44.9 Å². The maximum absolute atomic E-state index is 3.67. The van der Waals surface area contributed by atoms with E-state index in [0.29, 0.717) is 6.04 Å². The molecule has 1 unspecified atom stereocenters. The number of hydrogen-bond donors (Lipinski definition) is 1. The van der Waals surface area contributed by atoms with Crippen molar-refractivity contribution in [3.8, 4) is 0 Å². The summed E-state index contributed by atoms with van der Waals surface area (Å²) in [7, 11) is 0. The fraction of sp³-hybridized carbons (Fsp3) is 1.00. The number of hydrogen-bond acceptors (Lipinski definition) is 1. The van der Waals surface area contributed by atoms with E-state index >= 15 is 0 Å². The molecule has 72 valence electrons. The smallest absolute Gasteiger partial charge is 0.00694 e. The van der Waals surface area contributed by atoms with E-state index in [2.05, 4.69) is 33.0 Å². The van der Waals surface area contributed by atoms with Gasteiger partial charge in [0.15, 0.2) is 0 Å². The molecule has 1 fully saturated rings. The summed E-state index contributed by atoms with van der Waals surface area (Å²) in [6, 6.07) is 1.44. The van der Waals surface area contributed by atoms with Gasteiger partial charge in [-0.3, -0.25) is 0 Å². The molecule has 0 radical (unpaired) electrons. The zero-order valence-electron chi connectivity index (χ0n) is 8.93. The summed E-state index contributed by atoms with van der Waals surface area (Å²) in [4.78, 5) is 0. The lowest BCUT2D eigenvalue weighted by Crippen LogP contribution is -2.36. The summed E-state index contributed by atoms with van der Waals surface area (Å²) in [5.41, 5.74) is 0. The van der Waals surface area contributed by atoms with Gasteiger partial charge in [-0.25, -0.2) is 0 Å². The van der Waals surface area contributed by atoms with Crippen molar-refractivity contribution >= 4 is 0 Å². The third kappa shape index (κ3) is 3.57. The lowest BCUT2D eigenvalue weighted by Gasteiger charge is -2.21. The first-order valence-electron chi connectivity index (χ1n) is 5.35. The van der Waals surface area contributed by atoms with E-state index < -0.39 is 0 Å². The summed E-state index contributed by atoms with van der Waals surface area (Å²) >= 11 is 0. The van der Waals surface area contributed by atoms with E-state index in [-0.39, 0.29) is 0 Å². The second kappa shape index (κ2) is 4.27. The minimum Gasteiger partial charge on any atom is -0.311 e. The zero-order chi connectivity index (χ0) is 9.14. The minimum absolute atomic E-state index is 0.695. The highest BCUT2D eigenvalue weighted by Gasteiger charge is 2.28. The minimum atomic E-state index is 0.695. The molecule has 1 rings (SSSR count). The van der Waals surface area contributed by atoms with E-state index in [1.165, 1.54) is 19.3 Å². The van der Waals surface area contributed by atoms with E-state index in [1.807, 2.05) is 0 Å². The van der Waals surface area contributed by atoms with Crippen LogP contribution in [-0.2, 0) is 0 Å². The molecule has 1 saturated carbocycles. The van der Waals surface area contributed by atoms with E-state index in [1.54, 1.807) is 0 Å². The lowest BCUT2D eigenvalue weighted by molar-refractivity contribution is 0.381. The summed E-state index contributed by atoms with van der Waals surface area (Å²) in [5.74, 6) is 1.80. The van der Waals surface area contributed by atoms with Crippen molar-refractivity contribution < 1.29 is 0 Å². The van der Waals surface area contributed by atoms with Gasteiger partial charge in [-0.1, -0.05) is 13.8 Å². The van der Waals surface area contributed by atoms with Crippen LogP contribution in [0.1, 0.15) is 47.0 Å². The highest BCUT2D eigenvalue weighted by atomic mass is 14.9. The molecule has 1 nitrogen and oxygen atoms in total. The normalized spacial score (nSPS) is 22.8. The van der Waals surface area contributed by atoms with Crippen molar-refractivity contribution in [2.24, 2.45) is 11.8 Å². The van der Waals surface area contributed by atoms with Crippen molar-refractivity contribution in [3.63, 3.8) is 0 Å². The molecule has 0 aliphatic heterocycles. The van der Waals surface area contributed by atoms with Crippen molar-refractivity contribution in [3.05, 3.63) is 0 Å². The Labute approximate surface area is 76.9 Å². The molecule has 12 heavy (non-hydrogen) atoms. The molecule has 2 atom stereocenters. The van der Waals surface area contributed by atoms with Crippen molar-refractivity contribution in [2.45, 2.75) is 59.0 Å². The molecule has 1 N–H and O–H groups in total. The quantitative estimate of drug-likeness (QED) is 0.667. The van der Waals surface area contributed by atoms with Gasteiger partial charge >= 0.3 is 0 Å². The first-order chi connectivity index (χ1) is 5.59. The molecule has 1 heteroatoms. The second-order valence-corrected chi connectivity index (χ2v) is 4.82. The third-order valence-electron chi connectivity index (χ3n) is 2.70. The standard InChI is InChI=1S/C11H23N/c1-8(2)7-9(3)12-10(4)11-5-6-11/h8-12H,5-7H2,1-4H3/t9-,10?/m1/s1. The van der Waals surface area contributed by atoms with Gasteiger partial charge in [-0.2, -0.15) is 0 Å². The summed E-state index contributed by atoms with van der Waals surface area (Å²) in [6.07, 6.45) is 4.20. The number of rotatable bonds is 5. The molecule has 1 aliphatic carbocycles. The molecule has 0 amide bonds. The van der Waals surface area contributed by atoms with Gasteiger partial charge in [0.2, 0.25) is 0 Å². The van der Waals surface area contributed by atoms with Crippen LogP contribution in [0.15, 0.2) is 0 Å². The summed E-state index contributed by atoms with van der Waals surface area (Å²) < 4.78 is 0. The van der Waals surface area contributed by atoms with Crippen LogP contribution in [0.25, 0.3) is 0 Å². The van der Waals surface area contributed by atoms with E-state index in [9.17, 15) is 0 Å². The van der Waals surface area contributed by atoms with Gasteiger partial charge < -0.3 is 5.32 Å². The van der Waals surface area contributed by atoms with Gasteiger partial charge in [-0.15, -0.1) is 0 Å². The largest absolute Gasteiger partial charge is 0.311 e. The monoisotopic (exact) mass is 169 g/mol. The molecule has 0 aromatic carbocycles. The first kappa shape index (κ1) is 10.0. The van der Waals surface area contributed by atoms with Gasteiger partial charge in [0.05, 0.1) is 0 Å². The van der Waals surface area contributed by atoms with Gasteiger partial charge in [0, 0.05) is 12.1 Å². The van der Waals surface area contributed by atoms with Crippen molar-refractivity contribution in [1.82, 2.24) is 5.32 Å². The summed E-state index contributed by atoms with van der Waals surface area (Å²) in [5, 5.41) is 3.67. The van der Waals surface area contributed by atoms with Crippen LogP contribution >= 0.6 is 0 Å². The Morgan fingerprint density at radius 2 is 1.75 bits per heavy atom. The van der Waals surface area contributed by atoms with Crippen LogP contribution in [-0.4, -0.2) is 12.1 Å². The average molecular weight is 169 g/mol. The third-order valence-corrected chi connectivity index (χ3v) is 2.70. The Morgan fingerprint density at radius 1 is 1.17 bits per heavy atom. The van der Waals surface area contributed by atoms with Crippen LogP contribution in [0.5, 0.6) is 0 Å². The van der Waals surface area contributed by atoms with Crippen LogP contribution < -0.4 is 5.32 Å². The van der Waals surface area contributed by atoms with Crippen LogP contribution in [0.3, 0.4) is 0 Å². The average Bonchev–Trinajstić information content (AvgIpc) is 2.63. The SMILES string of the molecule is CC(C)C[C@@H](C)NC(C)C1CC1. The Bertz CT molecular complexity index is 127. The first-order valence-corrected chi connectivity index (χ1v) is 5.35. The zero-order valence-corrected chi connectivity index (χ0v) is 8.93. The fourth-order valence-corrected chi connectivity index (χ4v) is 1.96. The van der Waals surface area contributed by atoms with Crippen LogP contribution in [0.4, 0.5) is 0 Å². The molecule has 0 saturated heterocycles. The van der Waals surface area contributed by atoms with Gasteiger partial charge in [0.25, 0.3) is 0 Å². The Morgan fingerprint density at radius 3 is 2.17 bits per heavy atom. The molecular formula is C11H23N. The van der Waals surface area contributed by atoms with Crippen molar-refractivity contribution in [1.29, 1.82) is 0 Å². The molecule has 0 bridgehead atoms. The molecule has 0 aromatic heterocycles. The fourth-order valence-electron chi connectivity index (χ4n) is 1.96. The molecule has 1 aliphatic rings. The highest BCUT2D eigenvalue weighted by Crippen LogP contribution is 2.32. The van der Waals surface area contributed by atoms with Crippen molar-refractivity contribution in [2.75, 3.05) is 0 Å². The lowest BCUT2D eigenvalue weighted by atomic mass is 10.0. The Hall–Kier alpha value is -0.0400. The Balaban J connectivity index is 2.11. The van der Waals surface area contributed by atoms with E-state index in [0.717, 1.165) is 17.9 Å². The predicted molar refractivity (Wildman–Crippen MR) is 54.2 cm³/mol. The highest BCUT2D eigenvalue weighted by molar-refractivity contribution is 4.84. The molecule has 0 spiro atoms. The molecule has 0 heterocycles.